The van der Waals surface area contributed by atoms with Crippen LogP contribution in [0.15, 0.2) is 54.6 Å². The molecule has 0 bridgehead atoms. The number of carbonyl (C=O) groups is 2. The highest BCUT2D eigenvalue weighted by atomic mass is 16.5. The number of hydrogen-bond donors (Lipinski definition) is 2. The van der Waals surface area contributed by atoms with Crippen molar-refractivity contribution in [1.82, 2.24) is 15.5 Å². The Labute approximate surface area is 190 Å². The first-order valence-corrected chi connectivity index (χ1v) is 11.2. The van der Waals surface area contributed by atoms with E-state index >= 15 is 0 Å². The number of amides is 3. The first-order chi connectivity index (χ1) is 15.5. The highest BCUT2D eigenvalue weighted by Gasteiger charge is 2.29. The Morgan fingerprint density at radius 2 is 1.69 bits per heavy atom. The summed E-state index contributed by atoms with van der Waals surface area (Å²) in [4.78, 5) is 29.9. The molecule has 7 heteroatoms. The van der Waals surface area contributed by atoms with E-state index in [0.717, 1.165) is 36.5 Å². The number of urea groups is 1. The van der Waals surface area contributed by atoms with Crippen molar-refractivity contribution in [3.63, 3.8) is 0 Å². The monoisotopic (exact) mass is 438 g/mol. The second-order valence-electron chi connectivity index (χ2n) is 8.40. The summed E-state index contributed by atoms with van der Waals surface area (Å²) in [6.45, 7) is 7.29. The zero-order valence-electron chi connectivity index (χ0n) is 19.2. The first-order valence-electron chi connectivity index (χ1n) is 11.2. The molecule has 172 valence electrons. The summed E-state index contributed by atoms with van der Waals surface area (Å²) in [5, 5.41) is 5.74. The van der Waals surface area contributed by atoms with E-state index in [1.165, 1.54) is 0 Å². The zero-order chi connectivity index (χ0) is 22.9. The molecule has 3 rings (SSSR count). The summed E-state index contributed by atoms with van der Waals surface area (Å²) in [5.74, 6) is 0.800. The van der Waals surface area contributed by atoms with Crippen LogP contribution < -0.4 is 20.3 Å². The van der Waals surface area contributed by atoms with Gasteiger partial charge in [0, 0.05) is 38.4 Å². The zero-order valence-corrected chi connectivity index (χ0v) is 19.2. The number of nitrogens with one attached hydrogen (secondary N) is 2. The van der Waals surface area contributed by atoms with Gasteiger partial charge >= 0.3 is 6.03 Å². The highest BCUT2D eigenvalue weighted by Crippen LogP contribution is 2.21. The summed E-state index contributed by atoms with van der Waals surface area (Å²) in [7, 11) is 1.66. The summed E-state index contributed by atoms with van der Waals surface area (Å²) in [6, 6.07) is 16.8. The van der Waals surface area contributed by atoms with Crippen molar-refractivity contribution in [1.29, 1.82) is 0 Å². The molecular weight excluding hydrogens is 404 g/mol. The van der Waals surface area contributed by atoms with Crippen LogP contribution in [0.25, 0.3) is 0 Å². The van der Waals surface area contributed by atoms with Gasteiger partial charge in [0.1, 0.15) is 11.8 Å². The molecule has 2 aromatic carbocycles. The maximum absolute atomic E-state index is 13.3. The van der Waals surface area contributed by atoms with Crippen LogP contribution in [0.1, 0.15) is 25.8 Å². The number of rotatable bonds is 7. The molecule has 0 saturated carbocycles. The van der Waals surface area contributed by atoms with Crippen LogP contribution in [0.2, 0.25) is 0 Å². The van der Waals surface area contributed by atoms with E-state index in [0.29, 0.717) is 19.6 Å². The molecule has 0 aliphatic carbocycles. The van der Waals surface area contributed by atoms with E-state index in [1.54, 1.807) is 7.11 Å². The molecule has 32 heavy (non-hydrogen) atoms. The van der Waals surface area contributed by atoms with Crippen molar-refractivity contribution in [2.45, 2.75) is 32.9 Å². The van der Waals surface area contributed by atoms with Gasteiger partial charge in [-0.05, 0) is 42.2 Å². The standard InChI is InChI=1S/C25H34N4O3/c1-19(2)23(27-25(31)26-18-20-8-5-4-6-9-20)24(30)29-15-7-14-28(16-17-29)21-10-12-22(32-3)13-11-21/h4-6,8-13,19,23H,7,14-18H2,1-3H3,(H2,26,27,31). The van der Waals surface area contributed by atoms with Crippen molar-refractivity contribution in [2.75, 3.05) is 38.2 Å². The topological polar surface area (TPSA) is 73.9 Å². The van der Waals surface area contributed by atoms with Gasteiger partial charge in [-0.3, -0.25) is 4.79 Å². The quantitative estimate of drug-likeness (QED) is 0.696. The largest absolute Gasteiger partial charge is 0.497 e. The molecule has 2 aromatic rings. The SMILES string of the molecule is COc1ccc(N2CCCN(C(=O)C(NC(=O)NCc3ccccc3)C(C)C)CC2)cc1. The van der Waals surface area contributed by atoms with Crippen LogP contribution in [0.5, 0.6) is 5.75 Å². The second-order valence-corrected chi connectivity index (χ2v) is 8.40. The fourth-order valence-corrected chi connectivity index (χ4v) is 3.87. The number of benzene rings is 2. The van der Waals surface area contributed by atoms with Gasteiger partial charge in [-0.25, -0.2) is 4.79 Å². The summed E-state index contributed by atoms with van der Waals surface area (Å²) < 4.78 is 5.24. The molecule has 0 aromatic heterocycles. The predicted molar refractivity (Wildman–Crippen MR) is 127 cm³/mol. The molecule has 0 spiro atoms. The average Bonchev–Trinajstić information content (AvgIpc) is 3.08. The van der Waals surface area contributed by atoms with Gasteiger partial charge in [0.2, 0.25) is 5.91 Å². The molecule has 3 amide bonds. The van der Waals surface area contributed by atoms with Gasteiger partial charge < -0.3 is 25.2 Å². The lowest BCUT2D eigenvalue weighted by atomic mass is 10.0. The summed E-state index contributed by atoms with van der Waals surface area (Å²) in [5.41, 5.74) is 2.14. The Balaban J connectivity index is 1.56. The van der Waals surface area contributed by atoms with Crippen LogP contribution >= 0.6 is 0 Å². The molecule has 1 aliphatic rings. The normalized spacial score (nSPS) is 15.1. The fourth-order valence-electron chi connectivity index (χ4n) is 3.87. The van der Waals surface area contributed by atoms with Crippen LogP contribution in [-0.4, -0.2) is 56.2 Å². The van der Waals surface area contributed by atoms with Gasteiger partial charge in [-0.2, -0.15) is 0 Å². The van der Waals surface area contributed by atoms with Crippen molar-refractivity contribution in [3.8, 4) is 5.75 Å². The number of hydrogen-bond acceptors (Lipinski definition) is 4. The number of ether oxygens (including phenoxy) is 1. The Hall–Kier alpha value is -3.22. The number of anilines is 1. The molecule has 1 unspecified atom stereocenters. The van der Waals surface area contributed by atoms with Crippen molar-refractivity contribution in [2.24, 2.45) is 5.92 Å². The van der Waals surface area contributed by atoms with Crippen LogP contribution in [0.3, 0.4) is 0 Å². The van der Waals surface area contributed by atoms with Crippen LogP contribution in [-0.2, 0) is 11.3 Å². The number of nitrogens with zero attached hydrogens (tertiary/aromatic N) is 2. The maximum Gasteiger partial charge on any atom is 0.315 e. The van der Waals surface area contributed by atoms with Crippen molar-refractivity contribution >= 4 is 17.6 Å². The van der Waals surface area contributed by atoms with Gasteiger partial charge in [-0.1, -0.05) is 44.2 Å². The predicted octanol–water partition coefficient (Wildman–Crippen LogP) is 3.26. The third kappa shape index (κ3) is 6.39. The fraction of sp³-hybridized carbons (Fsp3) is 0.440. The molecule has 1 saturated heterocycles. The van der Waals surface area contributed by atoms with E-state index in [4.69, 9.17) is 4.74 Å². The van der Waals surface area contributed by atoms with Crippen LogP contribution in [0.4, 0.5) is 10.5 Å². The first kappa shape index (κ1) is 23.4. The lowest BCUT2D eigenvalue weighted by molar-refractivity contribution is -0.134. The third-order valence-electron chi connectivity index (χ3n) is 5.76. The van der Waals surface area contributed by atoms with Crippen molar-refractivity contribution in [3.05, 3.63) is 60.2 Å². The number of carbonyl (C=O) groups excluding carboxylic acids is 2. The van der Waals surface area contributed by atoms with E-state index in [-0.39, 0.29) is 17.9 Å². The second kappa shape index (κ2) is 11.4. The smallest absolute Gasteiger partial charge is 0.315 e. The summed E-state index contributed by atoms with van der Waals surface area (Å²) >= 11 is 0. The highest BCUT2D eigenvalue weighted by molar-refractivity contribution is 5.87. The molecule has 1 atom stereocenters. The minimum absolute atomic E-state index is 0.00841. The third-order valence-corrected chi connectivity index (χ3v) is 5.76. The van der Waals surface area contributed by atoms with Crippen LogP contribution in [0, 0.1) is 5.92 Å². The van der Waals surface area contributed by atoms with E-state index in [2.05, 4.69) is 15.5 Å². The molecular formula is C25H34N4O3. The Kier molecular flexibility index (Phi) is 8.36. The Bertz CT molecular complexity index is 871. The molecule has 0 radical (unpaired) electrons. The summed E-state index contributed by atoms with van der Waals surface area (Å²) in [6.07, 6.45) is 0.878. The average molecular weight is 439 g/mol. The molecule has 2 N–H and O–H groups in total. The van der Waals surface area contributed by atoms with Gasteiger partial charge in [0.25, 0.3) is 0 Å². The van der Waals surface area contributed by atoms with Gasteiger partial charge in [0.15, 0.2) is 0 Å². The number of methoxy groups -OCH3 is 1. The lowest BCUT2D eigenvalue weighted by Crippen LogP contribution is -2.54. The van der Waals surface area contributed by atoms with E-state index < -0.39 is 6.04 Å². The molecule has 7 nitrogen and oxygen atoms in total. The lowest BCUT2D eigenvalue weighted by Gasteiger charge is -2.29. The Morgan fingerprint density at radius 1 is 0.969 bits per heavy atom. The van der Waals surface area contributed by atoms with Gasteiger partial charge in [-0.15, -0.1) is 0 Å². The molecule has 1 fully saturated rings. The Morgan fingerprint density at radius 3 is 2.34 bits per heavy atom. The minimum Gasteiger partial charge on any atom is -0.497 e. The minimum atomic E-state index is -0.557. The molecule has 1 aliphatic heterocycles. The van der Waals surface area contributed by atoms with Gasteiger partial charge in [0.05, 0.1) is 7.11 Å². The molecule has 1 heterocycles. The van der Waals surface area contributed by atoms with Crippen molar-refractivity contribution < 1.29 is 14.3 Å². The van der Waals surface area contributed by atoms with E-state index in [9.17, 15) is 9.59 Å². The van der Waals surface area contributed by atoms with E-state index in [1.807, 2.05) is 73.3 Å². The maximum atomic E-state index is 13.3.